The lowest BCUT2D eigenvalue weighted by Gasteiger charge is -2.30. The summed E-state index contributed by atoms with van der Waals surface area (Å²) in [7, 11) is 0. The van der Waals surface area contributed by atoms with Gasteiger partial charge in [0.15, 0.2) is 0 Å². The van der Waals surface area contributed by atoms with Crippen LogP contribution in [0.15, 0.2) is 66.0 Å². The first-order chi connectivity index (χ1) is 13.6. The molecule has 4 nitrogen and oxygen atoms in total. The van der Waals surface area contributed by atoms with Crippen LogP contribution in [-0.2, 0) is 6.54 Å². The van der Waals surface area contributed by atoms with Crippen molar-refractivity contribution in [3.63, 3.8) is 0 Å². The number of anilines is 1. The normalized spacial score (nSPS) is 11.7. The van der Waals surface area contributed by atoms with Crippen molar-refractivity contribution in [1.29, 1.82) is 0 Å². The van der Waals surface area contributed by atoms with Gasteiger partial charge in [-0.2, -0.15) is 0 Å². The monoisotopic (exact) mass is 394 g/mol. The SMILES string of the molecule is CCOc1ccc(NC(=O)N(Cc2sccc2C)C(C)c2ccccc2)cc1. The van der Waals surface area contributed by atoms with Gasteiger partial charge < -0.3 is 15.0 Å². The van der Waals surface area contributed by atoms with Crippen LogP contribution in [0.25, 0.3) is 0 Å². The molecule has 2 aromatic carbocycles. The molecule has 5 heteroatoms. The molecule has 28 heavy (non-hydrogen) atoms. The van der Waals surface area contributed by atoms with Gasteiger partial charge in [-0.05, 0) is 67.6 Å². The summed E-state index contributed by atoms with van der Waals surface area (Å²) in [6.07, 6.45) is 0. The zero-order valence-electron chi connectivity index (χ0n) is 16.5. The number of rotatable bonds is 7. The molecule has 1 heterocycles. The Morgan fingerprint density at radius 3 is 2.43 bits per heavy atom. The van der Waals surface area contributed by atoms with Crippen LogP contribution in [0.1, 0.15) is 35.9 Å². The molecule has 0 bridgehead atoms. The quantitative estimate of drug-likeness (QED) is 0.514. The maximum atomic E-state index is 13.2. The molecular formula is C23H26N2O2S. The Morgan fingerprint density at radius 1 is 1.11 bits per heavy atom. The van der Waals surface area contributed by atoms with Crippen molar-refractivity contribution in [2.75, 3.05) is 11.9 Å². The number of ether oxygens (including phenoxy) is 1. The fourth-order valence-corrected chi connectivity index (χ4v) is 3.92. The highest BCUT2D eigenvalue weighted by Gasteiger charge is 2.23. The number of nitrogens with one attached hydrogen (secondary N) is 1. The predicted octanol–water partition coefficient (Wildman–Crippen LogP) is 6.25. The second kappa shape index (κ2) is 9.42. The van der Waals surface area contributed by atoms with E-state index in [-0.39, 0.29) is 12.1 Å². The summed E-state index contributed by atoms with van der Waals surface area (Å²) >= 11 is 1.68. The maximum Gasteiger partial charge on any atom is 0.322 e. The van der Waals surface area contributed by atoms with E-state index >= 15 is 0 Å². The predicted molar refractivity (Wildman–Crippen MR) is 116 cm³/mol. The number of urea groups is 1. The van der Waals surface area contributed by atoms with E-state index in [1.807, 2.05) is 54.3 Å². The average molecular weight is 395 g/mol. The van der Waals surface area contributed by atoms with Gasteiger partial charge in [-0.25, -0.2) is 4.79 Å². The van der Waals surface area contributed by atoms with E-state index in [1.54, 1.807) is 11.3 Å². The number of nitrogens with zero attached hydrogens (tertiary/aromatic N) is 1. The van der Waals surface area contributed by atoms with Crippen molar-refractivity contribution in [1.82, 2.24) is 4.90 Å². The topological polar surface area (TPSA) is 41.6 Å². The number of hydrogen-bond donors (Lipinski definition) is 1. The molecule has 1 unspecified atom stereocenters. The highest BCUT2D eigenvalue weighted by molar-refractivity contribution is 7.10. The van der Waals surface area contributed by atoms with Crippen LogP contribution in [0.3, 0.4) is 0 Å². The van der Waals surface area contributed by atoms with E-state index in [1.165, 1.54) is 10.4 Å². The van der Waals surface area contributed by atoms with E-state index in [9.17, 15) is 4.79 Å². The molecule has 0 saturated heterocycles. The van der Waals surface area contributed by atoms with Gasteiger partial charge in [0.2, 0.25) is 0 Å². The Morgan fingerprint density at radius 2 is 1.82 bits per heavy atom. The van der Waals surface area contributed by atoms with Gasteiger partial charge in [-0.3, -0.25) is 0 Å². The van der Waals surface area contributed by atoms with E-state index in [0.717, 1.165) is 17.0 Å². The second-order valence-electron chi connectivity index (χ2n) is 6.63. The van der Waals surface area contributed by atoms with Crippen molar-refractivity contribution < 1.29 is 9.53 Å². The summed E-state index contributed by atoms with van der Waals surface area (Å²) < 4.78 is 5.47. The van der Waals surface area contributed by atoms with Crippen molar-refractivity contribution >= 4 is 23.1 Å². The molecule has 2 amide bonds. The zero-order chi connectivity index (χ0) is 19.9. The van der Waals surface area contributed by atoms with Crippen molar-refractivity contribution in [3.05, 3.63) is 82.0 Å². The fourth-order valence-electron chi connectivity index (χ4n) is 3.01. The van der Waals surface area contributed by atoms with Gasteiger partial charge in [-0.15, -0.1) is 11.3 Å². The maximum absolute atomic E-state index is 13.2. The van der Waals surface area contributed by atoms with Gasteiger partial charge in [0.05, 0.1) is 19.2 Å². The number of thiophene rings is 1. The third-order valence-corrected chi connectivity index (χ3v) is 5.72. The molecule has 0 aliphatic rings. The number of carbonyl (C=O) groups excluding carboxylic acids is 1. The summed E-state index contributed by atoms with van der Waals surface area (Å²) in [6.45, 7) is 7.29. The van der Waals surface area contributed by atoms with Gasteiger partial charge >= 0.3 is 6.03 Å². The lowest BCUT2D eigenvalue weighted by atomic mass is 10.1. The number of carbonyl (C=O) groups is 1. The standard InChI is InChI=1S/C23H26N2O2S/c1-4-27-21-12-10-20(11-13-21)24-23(26)25(16-22-17(2)14-15-28-22)18(3)19-8-6-5-7-9-19/h5-15,18H,4,16H2,1-3H3,(H,24,26). The number of aryl methyl sites for hydroxylation is 1. The van der Waals surface area contributed by atoms with Gasteiger partial charge in [0.1, 0.15) is 5.75 Å². The van der Waals surface area contributed by atoms with Crippen LogP contribution in [0.4, 0.5) is 10.5 Å². The van der Waals surface area contributed by atoms with Crippen molar-refractivity contribution in [2.24, 2.45) is 0 Å². The first-order valence-electron chi connectivity index (χ1n) is 9.47. The minimum Gasteiger partial charge on any atom is -0.494 e. The van der Waals surface area contributed by atoms with E-state index in [2.05, 4.69) is 42.7 Å². The molecule has 0 aliphatic heterocycles. The van der Waals surface area contributed by atoms with Gasteiger partial charge in [-0.1, -0.05) is 30.3 Å². The van der Waals surface area contributed by atoms with Crippen LogP contribution in [0.2, 0.25) is 0 Å². The molecule has 0 radical (unpaired) electrons. The fraction of sp³-hybridized carbons (Fsp3) is 0.261. The summed E-state index contributed by atoms with van der Waals surface area (Å²) in [5, 5.41) is 5.10. The van der Waals surface area contributed by atoms with Crippen LogP contribution in [-0.4, -0.2) is 17.5 Å². The molecule has 1 aromatic heterocycles. The Labute approximate surface area is 170 Å². The van der Waals surface area contributed by atoms with Crippen molar-refractivity contribution in [2.45, 2.75) is 33.4 Å². The Bertz CT molecular complexity index is 890. The number of amides is 2. The summed E-state index contributed by atoms with van der Waals surface area (Å²) in [5.74, 6) is 0.796. The van der Waals surface area contributed by atoms with Crippen LogP contribution in [0, 0.1) is 6.92 Å². The Balaban J connectivity index is 1.80. The zero-order valence-corrected chi connectivity index (χ0v) is 17.3. The molecule has 0 spiro atoms. The van der Waals surface area contributed by atoms with Crippen molar-refractivity contribution in [3.8, 4) is 5.75 Å². The van der Waals surface area contributed by atoms with Crippen LogP contribution >= 0.6 is 11.3 Å². The molecule has 3 rings (SSSR count). The number of hydrogen-bond acceptors (Lipinski definition) is 3. The largest absolute Gasteiger partial charge is 0.494 e. The Hall–Kier alpha value is -2.79. The van der Waals surface area contributed by atoms with Crippen LogP contribution in [0.5, 0.6) is 5.75 Å². The van der Waals surface area contributed by atoms with E-state index in [0.29, 0.717) is 13.2 Å². The molecule has 1 N–H and O–H groups in total. The summed E-state index contributed by atoms with van der Waals surface area (Å²) in [5.41, 5.74) is 3.07. The summed E-state index contributed by atoms with van der Waals surface area (Å²) in [6, 6.07) is 19.5. The highest BCUT2D eigenvalue weighted by Crippen LogP contribution is 2.27. The lowest BCUT2D eigenvalue weighted by molar-refractivity contribution is 0.190. The molecule has 1 atom stereocenters. The average Bonchev–Trinajstić information content (AvgIpc) is 3.12. The van der Waals surface area contributed by atoms with Gasteiger partial charge in [0, 0.05) is 10.6 Å². The highest BCUT2D eigenvalue weighted by atomic mass is 32.1. The molecular weight excluding hydrogens is 368 g/mol. The van der Waals surface area contributed by atoms with Gasteiger partial charge in [0.25, 0.3) is 0 Å². The molecule has 0 aliphatic carbocycles. The first kappa shape index (κ1) is 20.0. The molecule has 3 aromatic rings. The minimum absolute atomic E-state index is 0.0506. The van der Waals surface area contributed by atoms with E-state index in [4.69, 9.17) is 4.74 Å². The minimum atomic E-state index is -0.117. The third-order valence-electron chi connectivity index (χ3n) is 4.71. The third kappa shape index (κ3) is 4.93. The molecule has 0 saturated carbocycles. The molecule has 146 valence electrons. The molecule has 0 fully saturated rings. The summed E-state index contributed by atoms with van der Waals surface area (Å²) in [4.78, 5) is 16.2. The number of benzene rings is 2. The Kier molecular flexibility index (Phi) is 6.71. The van der Waals surface area contributed by atoms with E-state index < -0.39 is 0 Å². The van der Waals surface area contributed by atoms with Crippen LogP contribution < -0.4 is 10.1 Å². The lowest BCUT2D eigenvalue weighted by Crippen LogP contribution is -2.36. The first-order valence-corrected chi connectivity index (χ1v) is 10.3. The smallest absolute Gasteiger partial charge is 0.322 e. The second-order valence-corrected chi connectivity index (χ2v) is 7.63.